The van der Waals surface area contributed by atoms with E-state index in [-0.39, 0.29) is 5.97 Å². The number of carbonyl (C=O) groups is 1. The molecule has 1 aromatic heterocycles. The summed E-state index contributed by atoms with van der Waals surface area (Å²) in [6.45, 7) is 9.17. The molecule has 0 radical (unpaired) electrons. The summed E-state index contributed by atoms with van der Waals surface area (Å²) >= 11 is 0. The van der Waals surface area contributed by atoms with E-state index < -0.39 is 5.60 Å². The van der Waals surface area contributed by atoms with Crippen molar-refractivity contribution in [1.82, 2.24) is 4.98 Å². The maximum Gasteiger partial charge on any atom is 0.338 e. The highest BCUT2D eigenvalue weighted by molar-refractivity contribution is 6.15. The maximum atomic E-state index is 11.5. The van der Waals surface area contributed by atoms with Gasteiger partial charge in [-0.05, 0) is 26.8 Å². The van der Waals surface area contributed by atoms with Crippen LogP contribution in [0.2, 0.25) is 0 Å². The summed E-state index contributed by atoms with van der Waals surface area (Å²) in [5.41, 5.74) is 0.663. The predicted octanol–water partition coefficient (Wildman–Crippen LogP) is 2.37. The van der Waals surface area contributed by atoms with Gasteiger partial charge in [0.05, 0.1) is 5.57 Å². The second-order valence-corrected chi connectivity index (χ2v) is 4.08. The Morgan fingerprint density at radius 1 is 1.50 bits per heavy atom. The Hall–Kier alpha value is -1.51. The molecule has 0 aromatic carbocycles. The molecule has 1 aromatic rings. The maximum absolute atomic E-state index is 11.5. The lowest BCUT2D eigenvalue weighted by atomic mass is 10.1. The lowest BCUT2D eigenvalue weighted by Crippen LogP contribution is -2.24. The van der Waals surface area contributed by atoms with Crippen LogP contribution in [-0.4, -0.2) is 16.6 Å². The first-order chi connectivity index (χ1) is 6.40. The Labute approximate surface area is 83.8 Å². The monoisotopic (exact) mass is 193 g/mol. The minimum absolute atomic E-state index is 0.376. The predicted molar refractivity (Wildman–Crippen MR) is 55.7 cm³/mol. The van der Waals surface area contributed by atoms with Crippen molar-refractivity contribution < 1.29 is 9.53 Å². The van der Waals surface area contributed by atoms with Crippen LogP contribution in [0, 0.1) is 0 Å². The van der Waals surface area contributed by atoms with Gasteiger partial charge in [-0.15, -0.1) is 0 Å². The van der Waals surface area contributed by atoms with Gasteiger partial charge in [-0.3, -0.25) is 0 Å². The normalized spacial score (nSPS) is 11.1. The van der Waals surface area contributed by atoms with Crippen LogP contribution in [0.1, 0.15) is 26.3 Å². The minimum atomic E-state index is -0.476. The number of aromatic amines is 1. The van der Waals surface area contributed by atoms with Gasteiger partial charge in [0.15, 0.2) is 0 Å². The van der Waals surface area contributed by atoms with Crippen molar-refractivity contribution in [2.45, 2.75) is 26.4 Å². The van der Waals surface area contributed by atoms with Gasteiger partial charge in [0, 0.05) is 18.0 Å². The average molecular weight is 193 g/mol. The van der Waals surface area contributed by atoms with Crippen LogP contribution in [0.25, 0.3) is 5.57 Å². The molecule has 1 N–H and O–H groups in total. The van der Waals surface area contributed by atoms with Crippen LogP contribution in [0.15, 0.2) is 25.0 Å². The summed E-state index contributed by atoms with van der Waals surface area (Å²) in [4.78, 5) is 14.4. The molecular formula is C11H15NO2. The molecule has 0 aliphatic heterocycles. The molecule has 1 rings (SSSR count). The summed E-state index contributed by atoms with van der Waals surface area (Å²) < 4.78 is 5.17. The number of esters is 1. The van der Waals surface area contributed by atoms with Crippen LogP contribution in [-0.2, 0) is 9.53 Å². The SMILES string of the molecule is C=C(C(=O)OC(C)(C)C)c1cc[nH]c1. The third-order valence-corrected chi connectivity index (χ3v) is 1.59. The van der Waals surface area contributed by atoms with E-state index in [2.05, 4.69) is 11.6 Å². The van der Waals surface area contributed by atoms with Crippen molar-refractivity contribution in [2.75, 3.05) is 0 Å². The van der Waals surface area contributed by atoms with E-state index in [1.165, 1.54) is 0 Å². The van der Waals surface area contributed by atoms with Gasteiger partial charge >= 0.3 is 5.97 Å². The molecule has 0 fully saturated rings. The van der Waals surface area contributed by atoms with E-state index in [0.717, 1.165) is 5.56 Å². The lowest BCUT2D eigenvalue weighted by Gasteiger charge is -2.19. The smallest absolute Gasteiger partial charge is 0.338 e. The molecule has 0 spiro atoms. The number of ether oxygens (including phenoxy) is 1. The van der Waals surface area contributed by atoms with Crippen LogP contribution in [0.4, 0.5) is 0 Å². The van der Waals surface area contributed by atoms with Crippen molar-refractivity contribution in [3.05, 3.63) is 30.6 Å². The fourth-order valence-corrected chi connectivity index (χ4v) is 0.969. The number of hydrogen-bond acceptors (Lipinski definition) is 2. The van der Waals surface area contributed by atoms with Crippen molar-refractivity contribution in [1.29, 1.82) is 0 Å². The van der Waals surface area contributed by atoms with E-state index in [1.807, 2.05) is 20.8 Å². The molecule has 1 heterocycles. The molecule has 3 nitrogen and oxygen atoms in total. The fraction of sp³-hybridized carbons (Fsp3) is 0.364. The zero-order valence-corrected chi connectivity index (χ0v) is 8.76. The second kappa shape index (κ2) is 3.70. The number of carbonyl (C=O) groups excluding carboxylic acids is 1. The first kappa shape index (κ1) is 10.6. The number of hydrogen-bond donors (Lipinski definition) is 1. The molecule has 0 aliphatic rings. The average Bonchev–Trinajstić information content (AvgIpc) is 2.51. The third kappa shape index (κ3) is 2.76. The van der Waals surface area contributed by atoms with Gasteiger partial charge in [0.2, 0.25) is 0 Å². The van der Waals surface area contributed by atoms with Gasteiger partial charge in [-0.25, -0.2) is 4.79 Å². The van der Waals surface area contributed by atoms with Crippen molar-refractivity contribution >= 4 is 11.5 Å². The summed E-state index contributed by atoms with van der Waals surface area (Å²) in [6.07, 6.45) is 3.46. The highest BCUT2D eigenvalue weighted by Crippen LogP contribution is 2.17. The lowest BCUT2D eigenvalue weighted by molar-refractivity contribution is -0.147. The van der Waals surface area contributed by atoms with Gasteiger partial charge in [-0.1, -0.05) is 6.58 Å². The number of aromatic nitrogens is 1. The largest absolute Gasteiger partial charge is 0.456 e. The van der Waals surface area contributed by atoms with Crippen molar-refractivity contribution in [2.24, 2.45) is 0 Å². The van der Waals surface area contributed by atoms with Crippen molar-refractivity contribution in [3.8, 4) is 0 Å². The molecule has 14 heavy (non-hydrogen) atoms. The van der Waals surface area contributed by atoms with Gasteiger partial charge in [0.25, 0.3) is 0 Å². The minimum Gasteiger partial charge on any atom is -0.456 e. The van der Waals surface area contributed by atoms with Crippen LogP contribution in [0.3, 0.4) is 0 Å². The number of rotatable bonds is 2. The van der Waals surface area contributed by atoms with Crippen LogP contribution < -0.4 is 0 Å². The molecule has 0 atom stereocenters. The standard InChI is InChI=1S/C11H15NO2/c1-8(9-5-6-12-7-9)10(13)14-11(2,3)4/h5-7,12H,1H2,2-4H3. The fourth-order valence-electron chi connectivity index (χ4n) is 0.969. The molecular weight excluding hydrogens is 178 g/mol. The van der Waals surface area contributed by atoms with Crippen LogP contribution in [0.5, 0.6) is 0 Å². The van der Waals surface area contributed by atoms with E-state index >= 15 is 0 Å². The van der Waals surface area contributed by atoms with Gasteiger partial charge in [0.1, 0.15) is 5.60 Å². The molecule has 0 amide bonds. The molecule has 0 saturated carbocycles. The topological polar surface area (TPSA) is 42.1 Å². The van der Waals surface area contributed by atoms with E-state index in [0.29, 0.717) is 5.57 Å². The summed E-state index contributed by atoms with van der Waals surface area (Å²) in [7, 11) is 0. The Morgan fingerprint density at radius 2 is 2.14 bits per heavy atom. The van der Waals surface area contributed by atoms with Crippen molar-refractivity contribution in [3.63, 3.8) is 0 Å². The highest BCUT2D eigenvalue weighted by Gasteiger charge is 2.19. The van der Waals surface area contributed by atoms with E-state index in [1.54, 1.807) is 18.5 Å². The third-order valence-electron chi connectivity index (χ3n) is 1.59. The Morgan fingerprint density at radius 3 is 2.57 bits per heavy atom. The van der Waals surface area contributed by atoms with Gasteiger partial charge < -0.3 is 9.72 Å². The Bertz CT molecular complexity index is 331. The first-order valence-electron chi connectivity index (χ1n) is 4.45. The molecule has 0 unspecified atom stereocenters. The number of nitrogens with one attached hydrogen (secondary N) is 1. The zero-order valence-electron chi connectivity index (χ0n) is 8.76. The van der Waals surface area contributed by atoms with E-state index in [4.69, 9.17) is 4.74 Å². The Kier molecular flexibility index (Phi) is 2.79. The quantitative estimate of drug-likeness (QED) is 0.578. The van der Waals surface area contributed by atoms with E-state index in [9.17, 15) is 4.79 Å². The molecule has 0 bridgehead atoms. The molecule has 0 aliphatic carbocycles. The summed E-state index contributed by atoms with van der Waals surface area (Å²) in [5.74, 6) is -0.378. The summed E-state index contributed by atoms with van der Waals surface area (Å²) in [5, 5.41) is 0. The zero-order chi connectivity index (χ0) is 10.8. The molecule has 76 valence electrons. The first-order valence-corrected chi connectivity index (χ1v) is 4.45. The molecule has 3 heteroatoms. The molecule has 0 saturated heterocycles. The van der Waals surface area contributed by atoms with Gasteiger partial charge in [-0.2, -0.15) is 0 Å². The second-order valence-electron chi connectivity index (χ2n) is 4.08. The van der Waals surface area contributed by atoms with Crippen LogP contribution >= 0.6 is 0 Å². The Balaban J connectivity index is 2.68. The number of H-pyrrole nitrogens is 1. The summed E-state index contributed by atoms with van der Waals surface area (Å²) in [6, 6.07) is 1.78. The highest BCUT2D eigenvalue weighted by atomic mass is 16.6.